The summed E-state index contributed by atoms with van der Waals surface area (Å²) in [6.45, 7) is 3.05. The van der Waals surface area contributed by atoms with E-state index in [2.05, 4.69) is 5.32 Å². The summed E-state index contributed by atoms with van der Waals surface area (Å²) >= 11 is 0. The molecule has 0 unspecified atom stereocenters. The van der Waals surface area contributed by atoms with Crippen molar-refractivity contribution in [1.82, 2.24) is 0 Å². The molecule has 0 saturated carbocycles. The molecular formula is C20H20N2O6. The molecule has 0 aliphatic rings. The minimum atomic E-state index is -0.675. The first-order chi connectivity index (χ1) is 13.3. The van der Waals surface area contributed by atoms with Gasteiger partial charge in [-0.25, -0.2) is 0 Å². The average molecular weight is 384 g/mol. The van der Waals surface area contributed by atoms with Crippen molar-refractivity contribution in [3.05, 3.63) is 69.3 Å². The van der Waals surface area contributed by atoms with E-state index in [4.69, 9.17) is 4.74 Å². The molecular weight excluding hydrogens is 364 g/mol. The third kappa shape index (κ3) is 6.01. The quantitative estimate of drug-likeness (QED) is 0.323. The van der Waals surface area contributed by atoms with E-state index in [1.165, 1.54) is 18.2 Å². The fourth-order valence-electron chi connectivity index (χ4n) is 2.36. The lowest BCUT2D eigenvalue weighted by Crippen LogP contribution is -2.21. The van der Waals surface area contributed by atoms with Gasteiger partial charge in [0.05, 0.1) is 17.0 Å². The molecule has 146 valence electrons. The molecule has 2 aromatic rings. The van der Waals surface area contributed by atoms with E-state index in [1.807, 2.05) is 19.1 Å². The zero-order valence-corrected chi connectivity index (χ0v) is 15.6. The van der Waals surface area contributed by atoms with Gasteiger partial charge >= 0.3 is 5.97 Å². The smallest absolute Gasteiger partial charge is 0.306 e. The molecule has 2 rings (SSSR count). The lowest BCUT2D eigenvalue weighted by Gasteiger charge is -2.09. The summed E-state index contributed by atoms with van der Waals surface area (Å²) in [5.41, 5.74) is 2.28. The normalized spacial score (nSPS) is 10.2. The molecule has 28 heavy (non-hydrogen) atoms. The van der Waals surface area contributed by atoms with Gasteiger partial charge in [0.1, 0.15) is 0 Å². The van der Waals surface area contributed by atoms with Gasteiger partial charge < -0.3 is 10.1 Å². The number of nitrogens with zero attached hydrogens (tertiary/aromatic N) is 1. The highest BCUT2D eigenvalue weighted by molar-refractivity contribution is 5.98. The van der Waals surface area contributed by atoms with Crippen molar-refractivity contribution in [3.8, 4) is 0 Å². The SMILES string of the molecule is Cc1ccc(C(=O)CCC(=O)OCC(=O)Nc2cc([N+](=O)[O-])ccc2C)cc1. The van der Waals surface area contributed by atoms with Gasteiger partial charge in [0.25, 0.3) is 11.6 Å². The number of hydrogen-bond donors (Lipinski definition) is 1. The number of hydrogen-bond acceptors (Lipinski definition) is 6. The molecule has 2 aromatic carbocycles. The molecule has 0 heterocycles. The standard InChI is InChI=1S/C20H20N2O6/c1-13-3-6-15(7-4-13)18(23)9-10-20(25)28-12-19(24)21-17-11-16(22(26)27)8-5-14(17)2/h3-8,11H,9-10,12H2,1-2H3,(H,21,24). The number of nitro groups is 1. The van der Waals surface area contributed by atoms with Crippen LogP contribution in [0.3, 0.4) is 0 Å². The fourth-order valence-corrected chi connectivity index (χ4v) is 2.36. The van der Waals surface area contributed by atoms with E-state index >= 15 is 0 Å². The average Bonchev–Trinajstić information content (AvgIpc) is 2.66. The molecule has 1 N–H and O–H groups in total. The first-order valence-electron chi connectivity index (χ1n) is 8.56. The number of nitro benzene ring substituents is 1. The van der Waals surface area contributed by atoms with Crippen LogP contribution in [0.25, 0.3) is 0 Å². The van der Waals surface area contributed by atoms with Gasteiger partial charge in [-0.05, 0) is 19.4 Å². The Balaban J connectivity index is 1.80. The molecule has 0 spiro atoms. The van der Waals surface area contributed by atoms with Gasteiger partial charge in [-0.15, -0.1) is 0 Å². The number of benzene rings is 2. The van der Waals surface area contributed by atoms with Crippen LogP contribution in [-0.2, 0) is 14.3 Å². The molecule has 0 radical (unpaired) electrons. The Hall–Kier alpha value is -3.55. The monoisotopic (exact) mass is 384 g/mol. The number of carbonyl (C=O) groups is 3. The third-order valence-electron chi connectivity index (χ3n) is 4.00. The maximum Gasteiger partial charge on any atom is 0.306 e. The number of nitrogens with one attached hydrogen (secondary N) is 1. The maximum atomic E-state index is 12.0. The van der Waals surface area contributed by atoms with Crippen LogP contribution in [0.2, 0.25) is 0 Å². The van der Waals surface area contributed by atoms with E-state index in [1.54, 1.807) is 19.1 Å². The second-order valence-electron chi connectivity index (χ2n) is 6.25. The summed E-state index contributed by atoms with van der Waals surface area (Å²) in [4.78, 5) is 45.9. The Bertz CT molecular complexity index is 905. The van der Waals surface area contributed by atoms with Crippen LogP contribution in [0.15, 0.2) is 42.5 Å². The lowest BCUT2D eigenvalue weighted by atomic mass is 10.1. The van der Waals surface area contributed by atoms with Crippen LogP contribution in [0.4, 0.5) is 11.4 Å². The molecule has 0 aliphatic heterocycles. The van der Waals surface area contributed by atoms with Gasteiger partial charge in [-0.2, -0.15) is 0 Å². The molecule has 0 aliphatic carbocycles. The van der Waals surface area contributed by atoms with E-state index in [0.717, 1.165) is 5.56 Å². The largest absolute Gasteiger partial charge is 0.456 e. The third-order valence-corrected chi connectivity index (χ3v) is 4.00. The summed E-state index contributed by atoms with van der Waals surface area (Å²) in [5.74, 6) is -1.48. The van der Waals surface area contributed by atoms with Crippen molar-refractivity contribution in [2.45, 2.75) is 26.7 Å². The number of anilines is 1. The number of ketones is 1. The second kappa shape index (κ2) is 9.40. The number of carbonyl (C=O) groups excluding carboxylic acids is 3. The zero-order valence-electron chi connectivity index (χ0n) is 15.6. The maximum absolute atomic E-state index is 12.0. The summed E-state index contributed by atoms with van der Waals surface area (Å²) < 4.78 is 4.86. The number of amides is 1. The van der Waals surface area contributed by atoms with Crippen LogP contribution in [0, 0.1) is 24.0 Å². The predicted molar refractivity (Wildman–Crippen MR) is 102 cm³/mol. The van der Waals surface area contributed by atoms with E-state index in [9.17, 15) is 24.5 Å². The van der Waals surface area contributed by atoms with E-state index in [0.29, 0.717) is 11.1 Å². The Morgan fingerprint density at radius 1 is 1.04 bits per heavy atom. The Morgan fingerprint density at radius 2 is 1.71 bits per heavy atom. The number of rotatable bonds is 8. The van der Waals surface area contributed by atoms with Crippen LogP contribution in [0.1, 0.15) is 34.3 Å². The van der Waals surface area contributed by atoms with Gasteiger partial charge in [0.2, 0.25) is 0 Å². The van der Waals surface area contributed by atoms with Gasteiger partial charge in [-0.3, -0.25) is 24.5 Å². The molecule has 0 bridgehead atoms. The summed E-state index contributed by atoms with van der Waals surface area (Å²) in [7, 11) is 0. The Labute approximate surface area is 161 Å². The van der Waals surface area contributed by atoms with Crippen molar-refractivity contribution in [2.24, 2.45) is 0 Å². The highest BCUT2D eigenvalue weighted by Crippen LogP contribution is 2.21. The topological polar surface area (TPSA) is 116 Å². The summed E-state index contributed by atoms with van der Waals surface area (Å²) in [5, 5.41) is 13.3. The lowest BCUT2D eigenvalue weighted by molar-refractivity contribution is -0.384. The molecule has 0 atom stereocenters. The first-order valence-corrected chi connectivity index (χ1v) is 8.56. The molecule has 8 nitrogen and oxygen atoms in total. The highest BCUT2D eigenvalue weighted by Gasteiger charge is 2.14. The van der Waals surface area contributed by atoms with Crippen molar-refractivity contribution in [1.29, 1.82) is 0 Å². The van der Waals surface area contributed by atoms with Crippen LogP contribution >= 0.6 is 0 Å². The van der Waals surface area contributed by atoms with Crippen molar-refractivity contribution in [3.63, 3.8) is 0 Å². The molecule has 0 fully saturated rings. The van der Waals surface area contributed by atoms with Crippen LogP contribution in [0.5, 0.6) is 0 Å². The van der Waals surface area contributed by atoms with Crippen molar-refractivity contribution < 1.29 is 24.0 Å². The molecule has 0 aromatic heterocycles. The molecule has 0 saturated heterocycles. The Kier molecular flexibility index (Phi) is 6.97. The minimum Gasteiger partial charge on any atom is -0.456 e. The summed E-state index contributed by atoms with van der Waals surface area (Å²) in [6, 6.07) is 11.1. The zero-order chi connectivity index (χ0) is 20.7. The number of Topliss-reactive ketones (excluding diaryl/α,β-unsaturated/α-hetero) is 1. The number of non-ortho nitro benzene ring substituents is 1. The Morgan fingerprint density at radius 3 is 2.36 bits per heavy atom. The van der Waals surface area contributed by atoms with Gasteiger partial charge in [0, 0.05) is 24.1 Å². The second-order valence-corrected chi connectivity index (χ2v) is 6.25. The molecule has 8 heteroatoms. The first kappa shape index (κ1) is 20.8. The van der Waals surface area contributed by atoms with Crippen molar-refractivity contribution >= 4 is 29.0 Å². The minimum absolute atomic E-state index is 0.0203. The highest BCUT2D eigenvalue weighted by atomic mass is 16.6. The van der Waals surface area contributed by atoms with Crippen LogP contribution in [-0.4, -0.2) is 29.2 Å². The molecule has 1 amide bonds. The van der Waals surface area contributed by atoms with E-state index in [-0.39, 0.29) is 30.0 Å². The van der Waals surface area contributed by atoms with Crippen molar-refractivity contribution in [2.75, 3.05) is 11.9 Å². The van der Waals surface area contributed by atoms with Gasteiger partial charge in [0.15, 0.2) is 12.4 Å². The number of esters is 1. The predicted octanol–water partition coefficient (Wildman–Crippen LogP) is 3.36. The van der Waals surface area contributed by atoms with Gasteiger partial charge in [-0.1, -0.05) is 35.9 Å². The van der Waals surface area contributed by atoms with Crippen LogP contribution < -0.4 is 5.32 Å². The fraction of sp³-hybridized carbons (Fsp3) is 0.250. The number of ether oxygens (including phenoxy) is 1. The number of aryl methyl sites for hydroxylation is 2. The van der Waals surface area contributed by atoms with E-state index < -0.39 is 23.4 Å². The summed E-state index contributed by atoms with van der Waals surface area (Å²) in [6.07, 6.45) is -0.163.